The Hall–Kier alpha value is -2.76. The number of amides is 2. The van der Waals surface area contributed by atoms with Crippen LogP contribution in [-0.4, -0.2) is 36.6 Å². The number of alkyl halides is 3. The van der Waals surface area contributed by atoms with Crippen molar-refractivity contribution in [2.24, 2.45) is 5.92 Å². The summed E-state index contributed by atoms with van der Waals surface area (Å²) in [7, 11) is 0. The molecule has 6 nitrogen and oxygen atoms in total. The number of nitriles is 1. The second-order valence-electron chi connectivity index (χ2n) is 6.21. The minimum absolute atomic E-state index is 0.0172. The quantitative estimate of drug-likeness (QED) is 0.687. The molecule has 3 N–H and O–H groups in total. The van der Waals surface area contributed by atoms with E-state index in [0.29, 0.717) is 0 Å². The average molecular weight is 370 g/mol. The summed E-state index contributed by atoms with van der Waals surface area (Å²) in [6, 6.07) is 7.93. The van der Waals surface area contributed by atoms with Crippen LogP contribution < -0.4 is 16.0 Å². The molecular formula is C17H21F3N4O2. The molecule has 0 unspecified atom stereocenters. The molecule has 1 atom stereocenters. The third-order valence-electron chi connectivity index (χ3n) is 3.85. The molecule has 1 aromatic rings. The van der Waals surface area contributed by atoms with Gasteiger partial charge in [-0.05, 0) is 25.0 Å². The minimum Gasteiger partial charge on any atom is -0.376 e. The number of hydrogen-bond acceptors (Lipinski definition) is 4. The molecule has 0 saturated heterocycles. The topological polar surface area (TPSA) is 94.0 Å². The smallest absolute Gasteiger partial charge is 0.376 e. The Bertz CT molecular complexity index is 698. The number of rotatable bonds is 7. The number of para-hydroxylation sites is 1. The first-order chi connectivity index (χ1) is 12.0. The van der Waals surface area contributed by atoms with E-state index >= 15 is 0 Å². The lowest BCUT2D eigenvalue weighted by atomic mass is 9.90. The molecule has 0 spiro atoms. The van der Waals surface area contributed by atoms with E-state index in [1.165, 1.54) is 18.2 Å². The fourth-order valence-electron chi connectivity index (χ4n) is 1.92. The molecule has 0 aromatic heterocycles. The van der Waals surface area contributed by atoms with Crippen LogP contribution in [0.3, 0.4) is 0 Å². The maximum atomic E-state index is 12.2. The molecule has 1 aromatic carbocycles. The SMILES string of the molecule is CC(C)[C@@](C)(C#N)NC(=O)CNc1ccccc1C(=O)NCC(F)(F)F. The van der Waals surface area contributed by atoms with E-state index in [9.17, 15) is 28.0 Å². The van der Waals surface area contributed by atoms with E-state index in [1.807, 2.05) is 6.07 Å². The number of carbonyl (C=O) groups excluding carboxylic acids is 2. The van der Waals surface area contributed by atoms with Crippen molar-refractivity contribution in [3.8, 4) is 6.07 Å². The fourth-order valence-corrected chi connectivity index (χ4v) is 1.92. The fraction of sp³-hybridized carbons (Fsp3) is 0.471. The van der Waals surface area contributed by atoms with Crippen LogP contribution in [0.2, 0.25) is 0 Å². The summed E-state index contributed by atoms with van der Waals surface area (Å²) >= 11 is 0. The van der Waals surface area contributed by atoms with Crippen molar-refractivity contribution in [1.29, 1.82) is 5.26 Å². The lowest BCUT2D eigenvalue weighted by molar-refractivity contribution is -0.123. The molecule has 0 saturated carbocycles. The van der Waals surface area contributed by atoms with Gasteiger partial charge in [0.25, 0.3) is 5.91 Å². The predicted octanol–water partition coefficient (Wildman–Crippen LogP) is 2.45. The minimum atomic E-state index is -4.52. The van der Waals surface area contributed by atoms with E-state index in [4.69, 9.17) is 0 Å². The summed E-state index contributed by atoms with van der Waals surface area (Å²) in [5.74, 6) is -1.51. The Morgan fingerprint density at radius 1 is 1.23 bits per heavy atom. The van der Waals surface area contributed by atoms with Gasteiger partial charge in [-0.15, -0.1) is 0 Å². The molecule has 142 valence electrons. The highest BCUT2D eigenvalue weighted by molar-refractivity contribution is 6.00. The van der Waals surface area contributed by atoms with Gasteiger partial charge in [0.05, 0.1) is 18.2 Å². The highest BCUT2D eigenvalue weighted by atomic mass is 19.4. The first kappa shape index (κ1) is 21.3. The Morgan fingerprint density at radius 3 is 2.38 bits per heavy atom. The third kappa shape index (κ3) is 6.27. The highest BCUT2D eigenvalue weighted by Gasteiger charge is 2.30. The first-order valence-electron chi connectivity index (χ1n) is 7.88. The van der Waals surface area contributed by atoms with Crippen molar-refractivity contribution in [3.05, 3.63) is 29.8 Å². The van der Waals surface area contributed by atoms with E-state index in [1.54, 1.807) is 32.2 Å². The summed E-state index contributed by atoms with van der Waals surface area (Å²) < 4.78 is 36.7. The lowest BCUT2D eigenvalue weighted by Gasteiger charge is -2.27. The summed E-state index contributed by atoms with van der Waals surface area (Å²) in [6.45, 7) is 3.48. The van der Waals surface area contributed by atoms with Crippen LogP contribution in [0, 0.1) is 17.2 Å². The van der Waals surface area contributed by atoms with Gasteiger partial charge in [0.2, 0.25) is 5.91 Å². The van der Waals surface area contributed by atoms with Crippen molar-refractivity contribution < 1.29 is 22.8 Å². The van der Waals surface area contributed by atoms with Gasteiger partial charge in [-0.3, -0.25) is 9.59 Å². The number of nitrogens with one attached hydrogen (secondary N) is 3. The molecule has 2 amide bonds. The molecule has 1 rings (SSSR count). The average Bonchev–Trinajstić information content (AvgIpc) is 2.57. The van der Waals surface area contributed by atoms with Crippen molar-refractivity contribution in [1.82, 2.24) is 10.6 Å². The van der Waals surface area contributed by atoms with Gasteiger partial charge in [0.15, 0.2) is 0 Å². The van der Waals surface area contributed by atoms with Gasteiger partial charge < -0.3 is 16.0 Å². The van der Waals surface area contributed by atoms with Crippen molar-refractivity contribution in [3.63, 3.8) is 0 Å². The zero-order valence-corrected chi connectivity index (χ0v) is 14.7. The van der Waals surface area contributed by atoms with E-state index in [2.05, 4.69) is 10.6 Å². The highest BCUT2D eigenvalue weighted by Crippen LogP contribution is 2.18. The number of hydrogen-bond donors (Lipinski definition) is 3. The zero-order valence-electron chi connectivity index (χ0n) is 14.7. The van der Waals surface area contributed by atoms with E-state index in [0.717, 1.165) is 0 Å². The number of nitrogens with zero attached hydrogens (tertiary/aromatic N) is 1. The summed E-state index contributed by atoms with van der Waals surface area (Å²) in [4.78, 5) is 24.0. The molecular weight excluding hydrogens is 349 g/mol. The number of anilines is 1. The molecule has 0 bridgehead atoms. The van der Waals surface area contributed by atoms with Gasteiger partial charge in [-0.25, -0.2) is 0 Å². The monoisotopic (exact) mass is 370 g/mol. The Morgan fingerprint density at radius 2 is 1.85 bits per heavy atom. The molecule has 0 radical (unpaired) electrons. The van der Waals surface area contributed by atoms with Crippen LogP contribution >= 0.6 is 0 Å². The van der Waals surface area contributed by atoms with Crippen LogP contribution in [0.5, 0.6) is 0 Å². The van der Waals surface area contributed by atoms with Crippen LogP contribution in [0.25, 0.3) is 0 Å². The Kier molecular flexibility index (Phi) is 7.01. The van der Waals surface area contributed by atoms with Crippen LogP contribution in [0.15, 0.2) is 24.3 Å². The molecule has 9 heteroatoms. The largest absolute Gasteiger partial charge is 0.405 e. The molecule has 26 heavy (non-hydrogen) atoms. The number of benzene rings is 1. The molecule has 0 fully saturated rings. The zero-order chi connectivity index (χ0) is 20.0. The summed E-state index contributed by atoms with van der Waals surface area (Å²) in [6.07, 6.45) is -4.52. The van der Waals surface area contributed by atoms with Crippen LogP contribution in [0.4, 0.5) is 18.9 Å². The normalized spacial score (nSPS) is 13.5. The van der Waals surface area contributed by atoms with Gasteiger partial charge in [0, 0.05) is 5.69 Å². The van der Waals surface area contributed by atoms with Crippen molar-refractivity contribution in [2.75, 3.05) is 18.4 Å². The van der Waals surface area contributed by atoms with Gasteiger partial charge in [0.1, 0.15) is 12.1 Å². The molecule has 0 aliphatic heterocycles. The number of carbonyl (C=O) groups is 2. The van der Waals surface area contributed by atoms with Crippen molar-refractivity contribution >= 4 is 17.5 Å². The lowest BCUT2D eigenvalue weighted by Crippen LogP contribution is -2.50. The van der Waals surface area contributed by atoms with Crippen molar-refractivity contribution in [2.45, 2.75) is 32.5 Å². The van der Waals surface area contributed by atoms with E-state index < -0.39 is 30.1 Å². The van der Waals surface area contributed by atoms with Gasteiger partial charge >= 0.3 is 6.18 Å². The Balaban J connectivity index is 2.76. The maximum absolute atomic E-state index is 12.2. The predicted molar refractivity (Wildman–Crippen MR) is 90.3 cm³/mol. The summed E-state index contributed by atoms with van der Waals surface area (Å²) in [5.41, 5.74) is -0.857. The molecule has 0 aliphatic rings. The third-order valence-corrected chi connectivity index (χ3v) is 3.85. The summed E-state index contributed by atoms with van der Waals surface area (Å²) in [5, 5.41) is 16.3. The second kappa shape index (κ2) is 8.56. The molecule has 0 heterocycles. The number of halogens is 3. The second-order valence-corrected chi connectivity index (χ2v) is 6.21. The van der Waals surface area contributed by atoms with E-state index in [-0.39, 0.29) is 23.7 Å². The first-order valence-corrected chi connectivity index (χ1v) is 7.88. The Labute approximate surface area is 149 Å². The van der Waals surface area contributed by atoms with Crippen LogP contribution in [0.1, 0.15) is 31.1 Å². The van der Waals surface area contributed by atoms with Gasteiger partial charge in [-0.2, -0.15) is 18.4 Å². The van der Waals surface area contributed by atoms with Gasteiger partial charge in [-0.1, -0.05) is 26.0 Å². The van der Waals surface area contributed by atoms with Crippen LogP contribution in [-0.2, 0) is 4.79 Å². The standard InChI is InChI=1S/C17H21F3N4O2/c1-11(2)16(3,9-21)24-14(25)8-22-13-7-5-4-6-12(13)15(26)23-10-17(18,19)20/h4-7,11,22H,8,10H2,1-3H3,(H,23,26)(H,24,25)/t16-/m1/s1. The maximum Gasteiger partial charge on any atom is 0.405 e. The molecule has 0 aliphatic carbocycles.